The Morgan fingerprint density at radius 2 is 2.17 bits per heavy atom. The minimum Gasteiger partial charge on any atom is -0.376 e. The fraction of sp³-hybridized carbons (Fsp3) is 0.471. The molecule has 0 N–H and O–H groups in total. The lowest BCUT2D eigenvalue weighted by atomic mass is 10.2. The van der Waals surface area contributed by atoms with Gasteiger partial charge in [0.25, 0.3) is 0 Å². The van der Waals surface area contributed by atoms with E-state index in [1.54, 1.807) is 23.9 Å². The van der Waals surface area contributed by atoms with E-state index in [0.717, 1.165) is 48.2 Å². The van der Waals surface area contributed by atoms with Crippen molar-refractivity contribution in [3.63, 3.8) is 0 Å². The summed E-state index contributed by atoms with van der Waals surface area (Å²) in [5.41, 5.74) is 0.839. The van der Waals surface area contributed by atoms with Gasteiger partial charge in [-0.05, 0) is 43.5 Å². The Bertz CT molecular complexity index is 704. The van der Waals surface area contributed by atoms with Gasteiger partial charge in [0.2, 0.25) is 0 Å². The molecule has 1 saturated heterocycles. The quantitative estimate of drug-likeness (QED) is 0.565. The van der Waals surface area contributed by atoms with Gasteiger partial charge in [-0.25, -0.2) is 4.39 Å². The third kappa shape index (κ3) is 4.13. The van der Waals surface area contributed by atoms with Crippen LogP contribution in [-0.4, -0.2) is 33.2 Å². The summed E-state index contributed by atoms with van der Waals surface area (Å²) >= 11 is 1.60. The number of unbranched alkanes of at least 4 members (excludes halogenated alkanes) is 1. The first-order valence-corrected chi connectivity index (χ1v) is 9.07. The van der Waals surface area contributed by atoms with Crippen LogP contribution in [0.4, 0.5) is 4.39 Å². The molecule has 0 spiro atoms. The van der Waals surface area contributed by atoms with Crippen molar-refractivity contribution in [1.82, 2.24) is 14.8 Å². The molecule has 2 aromatic rings. The Kier molecular flexibility index (Phi) is 5.83. The zero-order chi connectivity index (χ0) is 16.8. The molecule has 1 unspecified atom stereocenters. The molecular formula is C17H19FN4OS. The Hall–Kier alpha value is -1.91. The van der Waals surface area contributed by atoms with Crippen molar-refractivity contribution in [2.24, 2.45) is 0 Å². The van der Waals surface area contributed by atoms with Crippen LogP contribution in [-0.2, 0) is 11.3 Å². The summed E-state index contributed by atoms with van der Waals surface area (Å²) in [6.45, 7) is 1.49. The minimum atomic E-state index is -0.268. The molecule has 1 aromatic carbocycles. The van der Waals surface area contributed by atoms with Crippen molar-refractivity contribution >= 4 is 11.8 Å². The van der Waals surface area contributed by atoms with Crippen LogP contribution in [0, 0.1) is 17.1 Å². The van der Waals surface area contributed by atoms with Gasteiger partial charge >= 0.3 is 0 Å². The number of nitrogens with zero attached hydrogens (tertiary/aromatic N) is 4. The van der Waals surface area contributed by atoms with Crippen LogP contribution in [0.15, 0.2) is 29.4 Å². The molecule has 24 heavy (non-hydrogen) atoms. The number of hydrogen-bond donors (Lipinski definition) is 0. The maximum absolute atomic E-state index is 13.2. The van der Waals surface area contributed by atoms with Gasteiger partial charge in [0.1, 0.15) is 5.82 Å². The highest BCUT2D eigenvalue weighted by atomic mass is 32.2. The van der Waals surface area contributed by atoms with Gasteiger partial charge in [0.15, 0.2) is 11.0 Å². The molecule has 1 aliphatic rings. The van der Waals surface area contributed by atoms with E-state index >= 15 is 0 Å². The lowest BCUT2D eigenvalue weighted by molar-refractivity contribution is 0.0953. The van der Waals surface area contributed by atoms with Gasteiger partial charge < -0.3 is 4.74 Å². The number of hydrogen-bond acceptors (Lipinski definition) is 5. The first-order chi connectivity index (χ1) is 11.8. The van der Waals surface area contributed by atoms with Crippen molar-refractivity contribution in [3.05, 3.63) is 30.1 Å². The summed E-state index contributed by atoms with van der Waals surface area (Å²) in [6.07, 6.45) is 3.62. The second-order valence-corrected chi connectivity index (χ2v) is 6.73. The SMILES string of the molecule is N#CCCCSc1nnc(-c2ccc(F)cc2)n1CC1CCCO1. The van der Waals surface area contributed by atoms with Crippen LogP contribution in [0.1, 0.15) is 25.7 Å². The van der Waals surface area contributed by atoms with Crippen LogP contribution < -0.4 is 0 Å². The smallest absolute Gasteiger partial charge is 0.191 e. The summed E-state index contributed by atoms with van der Waals surface area (Å²) in [5.74, 6) is 1.28. The van der Waals surface area contributed by atoms with Crippen LogP contribution in [0.3, 0.4) is 0 Å². The predicted molar refractivity (Wildman–Crippen MR) is 90.0 cm³/mol. The standard InChI is InChI=1S/C17H19FN4OS/c18-14-7-5-13(6-8-14)16-20-21-17(24-11-2-1-9-19)22(16)12-15-4-3-10-23-15/h5-8,15H,1-4,10-12H2. The number of ether oxygens (including phenoxy) is 1. The molecule has 1 aliphatic heterocycles. The Morgan fingerprint density at radius 3 is 2.88 bits per heavy atom. The van der Waals surface area contributed by atoms with Crippen molar-refractivity contribution in [3.8, 4) is 17.5 Å². The third-order valence-corrected chi connectivity index (χ3v) is 4.95. The lowest BCUT2D eigenvalue weighted by Crippen LogP contribution is -2.16. The summed E-state index contributed by atoms with van der Waals surface area (Å²) in [7, 11) is 0. The normalized spacial score (nSPS) is 17.1. The van der Waals surface area contributed by atoms with Crippen molar-refractivity contribution in [1.29, 1.82) is 5.26 Å². The van der Waals surface area contributed by atoms with E-state index in [9.17, 15) is 4.39 Å². The largest absolute Gasteiger partial charge is 0.376 e. The molecule has 0 amide bonds. The first-order valence-electron chi connectivity index (χ1n) is 8.08. The third-order valence-electron chi connectivity index (χ3n) is 3.89. The predicted octanol–water partition coefficient (Wildman–Crippen LogP) is 3.66. The van der Waals surface area contributed by atoms with E-state index in [1.807, 2.05) is 0 Å². The Labute approximate surface area is 144 Å². The molecule has 5 nitrogen and oxygen atoms in total. The van der Waals surface area contributed by atoms with Crippen molar-refractivity contribution < 1.29 is 9.13 Å². The van der Waals surface area contributed by atoms with Gasteiger partial charge in [-0.3, -0.25) is 4.57 Å². The Morgan fingerprint density at radius 1 is 1.33 bits per heavy atom. The number of thioether (sulfide) groups is 1. The molecule has 0 radical (unpaired) electrons. The topological polar surface area (TPSA) is 63.7 Å². The number of benzene rings is 1. The molecule has 1 fully saturated rings. The summed E-state index contributed by atoms with van der Waals surface area (Å²) in [5, 5.41) is 18.1. The van der Waals surface area contributed by atoms with E-state index in [1.165, 1.54) is 12.1 Å². The highest BCUT2D eigenvalue weighted by Gasteiger charge is 2.21. The van der Waals surface area contributed by atoms with Gasteiger partial charge in [0.05, 0.1) is 18.7 Å². The summed E-state index contributed by atoms with van der Waals surface area (Å²) < 4.78 is 21.0. The second-order valence-electron chi connectivity index (χ2n) is 5.67. The number of nitriles is 1. The van der Waals surface area contributed by atoms with E-state index in [0.29, 0.717) is 13.0 Å². The summed E-state index contributed by atoms with van der Waals surface area (Å²) in [6, 6.07) is 8.45. The second kappa shape index (κ2) is 8.27. The number of halogens is 1. The van der Waals surface area contributed by atoms with Gasteiger partial charge in [0, 0.05) is 24.3 Å². The monoisotopic (exact) mass is 346 g/mol. The number of rotatable bonds is 7. The summed E-state index contributed by atoms with van der Waals surface area (Å²) in [4.78, 5) is 0. The van der Waals surface area contributed by atoms with Crippen LogP contribution in [0.25, 0.3) is 11.4 Å². The lowest BCUT2D eigenvalue weighted by Gasteiger charge is -2.14. The maximum Gasteiger partial charge on any atom is 0.191 e. The molecule has 7 heteroatoms. The highest BCUT2D eigenvalue weighted by Crippen LogP contribution is 2.27. The van der Waals surface area contributed by atoms with Gasteiger partial charge in [-0.1, -0.05) is 11.8 Å². The molecule has 0 saturated carbocycles. The van der Waals surface area contributed by atoms with Crippen LogP contribution in [0.2, 0.25) is 0 Å². The van der Waals surface area contributed by atoms with Crippen LogP contribution >= 0.6 is 11.8 Å². The minimum absolute atomic E-state index is 0.165. The fourth-order valence-corrected chi connectivity index (χ4v) is 3.57. The van der Waals surface area contributed by atoms with Crippen molar-refractivity contribution in [2.75, 3.05) is 12.4 Å². The van der Waals surface area contributed by atoms with Crippen LogP contribution in [0.5, 0.6) is 0 Å². The molecule has 1 aromatic heterocycles. The highest BCUT2D eigenvalue weighted by molar-refractivity contribution is 7.99. The zero-order valence-corrected chi connectivity index (χ0v) is 14.1. The molecule has 1 atom stereocenters. The van der Waals surface area contributed by atoms with Gasteiger partial charge in [-0.15, -0.1) is 10.2 Å². The maximum atomic E-state index is 13.2. The molecule has 0 aliphatic carbocycles. The molecular weight excluding hydrogens is 327 g/mol. The van der Waals surface area contributed by atoms with Crippen molar-refractivity contribution in [2.45, 2.75) is 43.5 Å². The molecule has 0 bridgehead atoms. The van der Waals surface area contributed by atoms with E-state index < -0.39 is 0 Å². The molecule has 126 valence electrons. The molecule has 2 heterocycles. The Balaban J connectivity index is 1.82. The average Bonchev–Trinajstić information content (AvgIpc) is 3.24. The first kappa shape index (κ1) is 16.9. The molecule has 3 rings (SSSR count). The van der Waals surface area contributed by atoms with E-state index in [4.69, 9.17) is 10.00 Å². The number of aromatic nitrogens is 3. The zero-order valence-electron chi connectivity index (χ0n) is 13.3. The fourth-order valence-electron chi connectivity index (χ4n) is 2.68. The van der Waals surface area contributed by atoms with Gasteiger partial charge in [-0.2, -0.15) is 5.26 Å². The van der Waals surface area contributed by atoms with E-state index in [-0.39, 0.29) is 11.9 Å². The van der Waals surface area contributed by atoms with E-state index in [2.05, 4.69) is 20.8 Å². The average molecular weight is 346 g/mol.